The van der Waals surface area contributed by atoms with E-state index in [1.54, 1.807) is 13.2 Å². The fraction of sp³-hybridized carbons (Fsp3) is 0.476. The van der Waals surface area contributed by atoms with Crippen molar-refractivity contribution < 1.29 is 19.4 Å². The number of aliphatic carboxylic acids is 1. The molecule has 1 aliphatic rings. The molecule has 0 saturated heterocycles. The van der Waals surface area contributed by atoms with E-state index in [4.69, 9.17) is 19.4 Å². The van der Waals surface area contributed by atoms with Crippen molar-refractivity contribution in [2.24, 2.45) is 0 Å². The molecule has 0 fully saturated rings. The van der Waals surface area contributed by atoms with E-state index in [0.29, 0.717) is 6.61 Å². The number of carbonyl (C=O) groups is 1. The molecule has 0 aliphatic heterocycles. The molecular formula is C21H32O4. The largest absolute Gasteiger partial charge is 0.497 e. The lowest BCUT2D eigenvalue weighted by atomic mass is 10.1. The number of hydrogen-bond donors (Lipinski definition) is 1. The maximum absolute atomic E-state index is 9.00. The number of fused-ring (bicyclic) bond motifs is 1. The molecular weight excluding hydrogens is 316 g/mol. The van der Waals surface area contributed by atoms with Crippen LogP contribution in [0.5, 0.6) is 5.75 Å². The number of hydrogen-bond acceptors (Lipinski definition) is 3. The molecule has 25 heavy (non-hydrogen) atoms. The highest BCUT2D eigenvalue weighted by Crippen LogP contribution is 2.35. The van der Waals surface area contributed by atoms with Crippen molar-refractivity contribution in [1.82, 2.24) is 0 Å². The van der Waals surface area contributed by atoms with Crippen LogP contribution >= 0.6 is 0 Å². The maximum Gasteiger partial charge on any atom is 0.300 e. The van der Waals surface area contributed by atoms with E-state index in [2.05, 4.69) is 45.6 Å². The Morgan fingerprint density at radius 1 is 1.36 bits per heavy atom. The fourth-order valence-electron chi connectivity index (χ4n) is 2.45. The lowest BCUT2D eigenvalue weighted by Crippen LogP contribution is -1.99. The summed E-state index contributed by atoms with van der Waals surface area (Å²) < 4.78 is 10.9. The van der Waals surface area contributed by atoms with Gasteiger partial charge in [-0.2, -0.15) is 0 Å². The topological polar surface area (TPSA) is 55.8 Å². The number of carboxylic acids is 1. The Balaban J connectivity index is 0.000000481. The van der Waals surface area contributed by atoms with Crippen LogP contribution in [-0.2, 0) is 16.0 Å². The summed E-state index contributed by atoms with van der Waals surface area (Å²) in [4.78, 5) is 9.00. The van der Waals surface area contributed by atoms with Gasteiger partial charge >= 0.3 is 0 Å². The summed E-state index contributed by atoms with van der Waals surface area (Å²) in [5.74, 6) is 0.0955. The molecule has 0 aromatic heterocycles. The van der Waals surface area contributed by atoms with Crippen LogP contribution in [-0.4, -0.2) is 24.8 Å². The van der Waals surface area contributed by atoms with Gasteiger partial charge in [-0.15, -0.1) is 6.58 Å². The molecule has 1 N–H and O–H groups in total. The lowest BCUT2D eigenvalue weighted by Gasteiger charge is -2.11. The minimum atomic E-state index is -0.833. The van der Waals surface area contributed by atoms with Crippen molar-refractivity contribution in [2.45, 2.75) is 53.1 Å². The van der Waals surface area contributed by atoms with Gasteiger partial charge in [-0.05, 0) is 56.4 Å². The van der Waals surface area contributed by atoms with Gasteiger partial charge in [0.15, 0.2) is 0 Å². The molecule has 1 aromatic carbocycles. The van der Waals surface area contributed by atoms with Gasteiger partial charge in [-0.25, -0.2) is 0 Å². The van der Waals surface area contributed by atoms with E-state index in [1.807, 2.05) is 6.07 Å². The lowest BCUT2D eigenvalue weighted by molar-refractivity contribution is -0.134. The van der Waals surface area contributed by atoms with Crippen LogP contribution in [0.25, 0.3) is 0 Å². The van der Waals surface area contributed by atoms with Crippen molar-refractivity contribution in [3.05, 3.63) is 53.6 Å². The molecule has 0 radical (unpaired) electrons. The number of benzene rings is 1. The third kappa shape index (κ3) is 10.4. The van der Waals surface area contributed by atoms with Crippen LogP contribution in [0, 0.1) is 0 Å². The van der Waals surface area contributed by atoms with Gasteiger partial charge in [0.2, 0.25) is 0 Å². The van der Waals surface area contributed by atoms with Crippen molar-refractivity contribution in [3.8, 4) is 5.75 Å². The second-order valence-electron chi connectivity index (χ2n) is 5.92. The van der Waals surface area contributed by atoms with Crippen molar-refractivity contribution in [2.75, 3.05) is 13.7 Å². The average Bonchev–Trinajstić information content (AvgIpc) is 2.95. The smallest absolute Gasteiger partial charge is 0.300 e. The molecule has 140 valence electrons. The quantitative estimate of drug-likeness (QED) is 0.730. The predicted octanol–water partition coefficient (Wildman–Crippen LogP) is 5.34. The summed E-state index contributed by atoms with van der Waals surface area (Å²) in [7, 11) is 1.70. The normalized spacial score (nSPS) is 14.0. The molecule has 0 amide bonds. The Hall–Kier alpha value is -2.07. The highest BCUT2D eigenvalue weighted by molar-refractivity contribution is 5.62. The van der Waals surface area contributed by atoms with E-state index >= 15 is 0 Å². The van der Waals surface area contributed by atoms with Gasteiger partial charge in [0, 0.05) is 6.92 Å². The van der Waals surface area contributed by atoms with E-state index < -0.39 is 5.97 Å². The Labute approximate surface area is 152 Å². The van der Waals surface area contributed by atoms with E-state index in [0.717, 1.165) is 25.5 Å². The van der Waals surface area contributed by atoms with Crippen molar-refractivity contribution in [1.29, 1.82) is 0 Å². The SMILES string of the molecule is C=CCOC1CCc2cc(OC)ccc21.CC(=O)O.CCC=C(C)C. The van der Waals surface area contributed by atoms with E-state index in [-0.39, 0.29) is 6.10 Å². The molecule has 1 unspecified atom stereocenters. The zero-order chi connectivity index (χ0) is 19.2. The van der Waals surface area contributed by atoms with Crippen molar-refractivity contribution >= 4 is 5.97 Å². The first-order chi connectivity index (χ1) is 11.8. The van der Waals surface area contributed by atoms with Gasteiger partial charge in [-0.1, -0.05) is 30.7 Å². The molecule has 4 heteroatoms. The van der Waals surface area contributed by atoms with Gasteiger partial charge in [0.25, 0.3) is 5.97 Å². The standard InChI is InChI=1S/C13H16O2.C6H12.C2H4O2/c1-3-8-15-13-7-4-10-9-11(14-2)5-6-12(10)13;1-4-5-6(2)3;1-2(3)4/h3,5-6,9,13H,1,4,7-8H2,2H3;5H,4H2,1-3H3;1H3,(H,3,4). The van der Waals surface area contributed by atoms with Gasteiger partial charge in [-0.3, -0.25) is 4.79 Å². The van der Waals surface area contributed by atoms with Crippen LogP contribution in [0.1, 0.15) is 57.8 Å². The summed E-state index contributed by atoms with van der Waals surface area (Å²) in [5, 5.41) is 7.42. The Bertz CT molecular complexity index is 553. The van der Waals surface area contributed by atoms with Gasteiger partial charge in [0.05, 0.1) is 19.8 Å². The van der Waals surface area contributed by atoms with Gasteiger partial charge in [0.1, 0.15) is 5.75 Å². The first kappa shape index (κ1) is 22.9. The molecule has 1 atom stereocenters. The number of aryl methyl sites for hydroxylation is 1. The number of ether oxygens (including phenoxy) is 2. The summed E-state index contributed by atoms with van der Waals surface area (Å²) >= 11 is 0. The Morgan fingerprint density at radius 3 is 2.44 bits per heavy atom. The molecule has 0 heterocycles. The monoisotopic (exact) mass is 348 g/mol. The molecule has 2 rings (SSSR count). The zero-order valence-electron chi connectivity index (χ0n) is 16.2. The molecule has 1 aliphatic carbocycles. The Kier molecular flexibility index (Phi) is 12.1. The first-order valence-corrected chi connectivity index (χ1v) is 8.57. The predicted molar refractivity (Wildman–Crippen MR) is 103 cm³/mol. The summed E-state index contributed by atoms with van der Waals surface area (Å²) in [6, 6.07) is 6.20. The summed E-state index contributed by atoms with van der Waals surface area (Å²) in [5.41, 5.74) is 4.07. The van der Waals surface area contributed by atoms with Crippen LogP contribution in [0.4, 0.5) is 0 Å². The Morgan fingerprint density at radius 2 is 2.00 bits per heavy atom. The average molecular weight is 348 g/mol. The van der Waals surface area contributed by atoms with Crippen LogP contribution in [0.15, 0.2) is 42.5 Å². The number of carboxylic acid groups (broad SMARTS) is 1. The second kappa shape index (κ2) is 13.2. The summed E-state index contributed by atoms with van der Waals surface area (Å²) in [6.07, 6.45) is 7.55. The third-order valence-corrected chi connectivity index (χ3v) is 3.40. The minimum Gasteiger partial charge on any atom is -0.497 e. The maximum atomic E-state index is 9.00. The molecule has 4 nitrogen and oxygen atoms in total. The molecule has 0 spiro atoms. The summed E-state index contributed by atoms with van der Waals surface area (Å²) in [6.45, 7) is 11.7. The fourth-order valence-corrected chi connectivity index (χ4v) is 2.45. The van der Waals surface area contributed by atoms with Crippen LogP contribution < -0.4 is 4.74 Å². The third-order valence-electron chi connectivity index (χ3n) is 3.40. The number of rotatable bonds is 5. The minimum absolute atomic E-state index is 0.240. The van der Waals surface area contributed by atoms with Crippen molar-refractivity contribution in [3.63, 3.8) is 0 Å². The second-order valence-corrected chi connectivity index (χ2v) is 5.92. The number of methoxy groups -OCH3 is 1. The highest BCUT2D eigenvalue weighted by atomic mass is 16.5. The van der Waals surface area contributed by atoms with Crippen LogP contribution in [0.2, 0.25) is 0 Å². The van der Waals surface area contributed by atoms with E-state index in [1.165, 1.54) is 23.1 Å². The molecule has 1 aromatic rings. The molecule has 0 saturated carbocycles. The van der Waals surface area contributed by atoms with Gasteiger partial charge < -0.3 is 14.6 Å². The highest BCUT2D eigenvalue weighted by Gasteiger charge is 2.22. The van der Waals surface area contributed by atoms with E-state index in [9.17, 15) is 0 Å². The number of allylic oxidation sites excluding steroid dienone is 2. The van der Waals surface area contributed by atoms with Crippen LogP contribution in [0.3, 0.4) is 0 Å². The molecule has 0 bridgehead atoms. The first-order valence-electron chi connectivity index (χ1n) is 8.57. The zero-order valence-corrected chi connectivity index (χ0v) is 16.2.